The zero-order chi connectivity index (χ0) is 13.9. The van der Waals surface area contributed by atoms with Gasteiger partial charge in [-0.2, -0.15) is 0 Å². The average Bonchev–Trinajstić information content (AvgIpc) is 3.07. The zero-order valence-corrected chi connectivity index (χ0v) is 12.5. The number of nitrogens with two attached hydrogens (primary N) is 1. The van der Waals surface area contributed by atoms with E-state index in [1.807, 2.05) is 0 Å². The van der Waals surface area contributed by atoms with E-state index >= 15 is 0 Å². The first-order chi connectivity index (χ1) is 9.81. The first-order valence-electron chi connectivity index (χ1n) is 7.02. The van der Waals surface area contributed by atoms with Crippen molar-refractivity contribution in [3.05, 3.63) is 52.1 Å². The molecule has 0 spiro atoms. The molecule has 4 heteroatoms. The van der Waals surface area contributed by atoms with E-state index in [0.29, 0.717) is 6.54 Å². The second-order valence-electron chi connectivity index (χ2n) is 4.98. The highest BCUT2D eigenvalue weighted by molar-refractivity contribution is 7.09. The Morgan fingerprint density at radius 2 is 2.20 bits per heavy atom. The maximum absolute atomic E-state index is 5.79. The third kappa shape index (κ3) is 2.49. The highest BCUT2D eigenvalue weighted by atomic mass is 32.1. The summed E-state index contributed by atoms with van der Waals surface area (Å²) in [7, 11) is 0. The molecule has 2 N–H and O–H groups in total. The van der Waals surface area contributed by atoms with Crippen molar-refractivity contribution in [3.63, 3.8) is 0 Å². The van der Waals surface area contributed by atoms with E-state index in [-0.39, 0.29) is 0 Å². The van der Waals surface area contributed by atoms with Crippen LogP contribution in [0, 0.1) is 0 Å². The number of benzene rings is 1. The Hall–Kier alpha value is -1.65. The van der Waals surface area contributed by atoms with Crippen LogP contribution < -0.4 is 5.73 Å². The summed E-state index contributed by atoms with van der Waals surface area (Å²) in [5, 5.41) is 4.66. The van der Waals surface area contributed by atoms with Crippen molar-refractivity contribution in [2.45, 2.75) is 32.9 Å². The van der Waals surface area contributed by atoms with E-state index < -0.39 is 0 Å². The molecule has 0 atom stereocenters. The van der Waals surface area contributed by atoms with Crippen LogP contribution >= 0.6 is 11.3 Å². The first-order valence-corrected chi connectivity index (χ1v) is 7.90. The minimum Gasteiger partial charge on any atom is -0.341 e. The molecule has 0 amide bonds. The zero-order valence-electron chi connectivity index (χ0n) is 11.7. The lowest BCUT2D eigenvalue weighted by molar-refractivity contribution is 0.801. The maximum Gasteiger partial charge on any atom is 0.0928 e. The largest absolute Gasteiger partial charge is 0.341 e. The molecule has 0 aliphatic rings. The smallest absolute Gasteiger partial charge is 0.0928 e. The lowest BCUT2D eigenvalue weighted by Crippen LogP contribution is -2.00. The van der Waals surface area contributed by atoms with Crippen LogP contribution in [0.2, 0.25) is 0 Å². The second kappa shape index (κ2) is 5.77. The molecule has 104 valence electrons. The number of nitrogens with zero attached hydrogens (tertiary/aromatic N) is 2. The van der Waals surface area contributed by atoms with Gasteiger partial charge in [0.2, 0.25) is 0 Å². The molecule has 0 unspecified atom stereocenters. The second-order valence-corrected chi connectivity index (χ2v) is 5.92. The molecule has 0 bridgehead atoms. The average molecular weight is 285 g/mol. The highest BCUT2D eigenvalue weighted by Gasteiger charge is 2.07. The molecule has 0 radical (unpaired) electrons. The van der Waals surface area contributed by atoms with Crippen LogP contribution in [0.15, 0.2) is 35.8 Å². The molecular weight excluding hydrogens is 266 g/mol. The predicted molar refractivity (Wildman–Crippen MR) is 85.0 cm³/mol. The van der Waals surface area contributed by atoms with E-state index in [0.717, 1.165) is 25.1 Å². The highest BCUT2D eigenvalue weighted by Crippen LogP contribution is 2.21. The minimum absolute atomic E-state index is 0.582. The standard InChI is InChI=1S/C16H19N3S/c1-2-4-16-18-13(11-20-16)10-19-8-7-14-12(9-17)5-3-6-15(14)19/h3,5-8,11H,2,4,9-10,17H2,1H3. The Labute approximate surface area is 123 Å². The van der Waals surface area contributed by atoms with Crippen molar-refractivity contribution >= 4 is 22.2 Å². The Balaban J connectivity index is 1.90. The number of thiazole rings is 1. The molecule has 2 aromatic heterocycles. The van der Waals surface area contributed by atoms with Gasteiger partial charge in [0, 0.05) is 29.0 Å². The molecule has 2 heterocycles. The van der Waals surface area contributed by atoms with Gasteiger partial charge in [0.25, 0.3) is 0 Å². The van der Waals surface area contributed by atoms with E-state index in [2.05, 4.69) is 47.3 Å². The molecule has 3 rings (SSSR count). The van der Waals surface area contributed by atoms with Gasteiger partial charge < -0.3 is 10.3 Å². The molecule has 0 aliphatic carbocycles. The van der Waals surface area contributed by atoms with E-state index in [9.17, 15) is 0 Å². The summed E-state index contributed by atoms with van der Waals surface area (Å²) >= 11 is 1.76. The Bertz CT molecular complexity index is 711. The van der Waals surface area contributed by atoms with Gasteiger partial charge in [-0.25, -0.2) is 4.98 Å². The van der Waals surface area contributed by atoms with Crippen molar-refractivity contribution in [2.24, 2.45) is 5.73 Å². The quantitative estimate of drug-likeness (QED) is 0.779. The van der Waals surface area contributed by atoms with Crippen molar-refractivity contribution in [2.75, 3.05) is 0 Å². The van der Waals surface area contributed by atoms with Gasteiger partial charge in [-0.3, -0.25) is 0 Å². The van der Waals surface area contributed by atoms with Gasteiger partial charge in [0.05, 0.1) is 17.2 Å². The number of fused-ring (bicyclic) bond motifs is 1. The molecule has 0 fully saturated rings. The SMILES string of the molecule is CCCc1nc(Cn2ccc3c(CN)cccc32)cs1. The molecule has 3 nitrogen and oxygen atoms in total. The van der Waals surface area contributed by atoms with Crippen LogP contribution in [0.1, 0.15) is 29.6 Å². The number of aromatic nitrogens is 2. The Morgan fingerprint density at radius 3 is 3.00 bits per heavy atom. The molecule has 0 saturated heterocycles. The fraction of sp³-hybridized carbons (Fsp3) is 0.312. The van der Waals surface area contributed by atoms with Gasteiger partial charge in [-0.1, -0.05) is 19.1 Å². The Kier molecular flexibility index (Phi) is 3.85. The normalized spacial score (nSPS) is 11.3. The van der Waals surface area contributed by atoms with E-state index in [4.69, 9.17) is 10.7 Å². The monoisotopic (exact) mass is 285 g/mol. The maximum atomic E-state index is 5.79. The third-order valence-corrected chi connectivity index (χ3v) is 4.48. The number of rotatable bonds is 5. The van der Waals surface area contributed by atoms with Crippen molar-refractivity contribution < 1.29 is 0 Å². The molecule has 0 saturated carbocycles. The number of aryl methyl sites for hydroxylation is 1. The van der Waals surface area contributed by atoms with E-state index in [1.54, 1.807) is 11.3 Å². The van der Waals surface area contributed by atoms with Crippen LogP contribution in [0.3, 0.4) is 0 Å². The summed E-state index contributed by atoms with van der Waals surface area (Å²) in [4.78, 5) is 4.70. The third-order valence-electron chi connectivity index (χ3n) is 3.52. The fourth-order valence-corrected chi connectivity index (χ4v) is 3.42. The van der Waals surface area contributed by atoms with Gasteiger partial charge in [-0.05, 0) is 30.5 Å². The minimum atomic E-state index is 0.582. The summed E-state index contributed by atoms with van der Waals surface area (Å²) in [6.07, 6.45) is 4.36. The summed E-state index contributed by atoms with van der Waals surface area (Å²) in [6, 6.07) is 8.46. The fourth-order valence-electron chi connectivity index (χ4n) is 2.53. The number of hydrogen-bond donors (Lipinski definition) is 1. The topological polar surface area (TPSA) is 43.8 Å². The van der Waals surface area contributed by atoms with Gasteiger partial charge in [0.15, 0.2) is 0 Å². The van der Waals surface area contributed by atoms with Gasteiger partial charge in [0.1, 0.15) is 0 Å². The summed E-state index contributed by atoms with van der Waals surface area (Å²) in [5.74, 6) is 0. The first kappa shape index (κ1) is 13.3. The lowest BCUT2D eigenvalue weighted by atomic mass is 10.1. The van der Waals surface area contributed by atoms with Crippen LogP contribution in [-0.2, 0) is 19.5 Å². The van der Waals surface area contributed by atoms with Crippen molar-refractivity contribution in [1.82, 2.24) is 9.55 Å². The molecule has 20 heavy (non-hydrogen) atoms. The molecule has 1 aromatic carbocycles. The van der Waals surface area contributed by atoms with Crippen LogP contribution in [-0.4, -0.2) is 9.55 Å². The van der Waals surface area contributed by atoms with Crippen LogP contribution in [0.5, 0.6) is 0 Å². The predicted octanol–water partition coefficient (Wildman–Crippen LogP) is 3.56. The van der Waals surface area contributed by atoms with Crippen molar-refractivity contribution in [1.29, 1.82) is 0 Å². The van der Waals surface area contributed by atoms with Crippen LogP contribution in [0.4, 0.5) is 0 Å². The summed E-state index contributed by atoms with van der Waals surface area (Å²) in [5.41, 5.74) is 9.38. The summed E-state index contributed by atoms with van der Waals surface area (Å²) in [6.45, 7) is 3.60. The molecule has 0 aliphatic heterocycles. The van der Waals surface area contributed by atoms with Crippen molar-refractivity contribution in [3.8, 4) is 0 Å². The Morgan fingerprint density at radius 1 is 1.30 bits per heavy atom. The van der Waals surface area contributed by atoms with Gasteiger partial charge in [-0.15, -0.1) is 11.3 Å². The molecule has 3 aromatic rings. The van der Waals surface area contributed by atoms with Crippen LogP contribution in [0.25, 0.3) is 10.9 Å². The number of hydrogen-bond acceptors (Lipinski definition) is 3. The molecular formula is C16H19N3S. The van der Waals surface area contributed by atoms with E-state index in [1.165, 1.54) is 21.5 Å². The van der Waals surface area contributed by atoms with Gasteiger partial charge >= 0.3 is 0 Å². The lowest BCUT2D eigenvalue weighted by Gasteiger charge is -2.04. The summed E-state index contributed by atoms with van der Waals surface area (Å²) < 4.78 is 2.25.